The molecule has 104 valence electrons. The van der Waals surface area contributed by atoms with Gasteiger partial charge in [0, 0.05) is 6.54 Å². The molecule has 6 nitrogen and oxygen atoms in total. The maximum atomic E-state index is 12.2. The zero-order valence-corrected chi connectivity index (χ0v) is 10.7. The number of nitrogens with two attached hydrogens (primary N) is 2. The fourth-order valence-corrected chi connectivity index (χ4v) is 2.41. The van der Waals surface area contributed by atoms with Crippen molar-refractivity contribution in [3.63, 3.8) is 0 Å². The lowest BCUT2D eigenvalue weighted by Crippen LogP contribution is -2.49. The van der Waals surface area contributed by atoms with Crippen LogP contribution in [-0.2, 0) is 9.59 Å². The van der Waals surface area contributed by atoms with Crippen molar-refractivity contribution in [1.29, 1.82) is 0 Å². The molecule has 2 amide bonds. The molecule has 0 saturated heterocycles. The molecule has 0 aromatic heterocycles. The smallest absolute Gasteiger partial charge is 0.248 e. The summed E-state index contributed by atoms with van der Waals surface area (Å²) in [6, 6.07) is 0. The van der Waals surface area contributed by atoms with Gasteiger partial charge in [-0.2, -0.15) is 0 Å². The average Bonchev–Trinajstić information content (AvgIpc) is 2.61. The highest BCUT2D eigenvalue weighted by Gasteiger charge is 2.37. The standard InChI is InChI=1S/C12H23N3O3/c13-8-12(5-3-1-2-4-6-12)11(18)15-7-9(16)10(14)17/h9,16H,1-8,13H2,(H2,14,17)(H,15,18). The Morgan fingerprint density at radius 2 is 1.78 bits per heavy atom. The molecular weight excluding hydrogens is 234 g/mol. The van der Waals surface area contributed by atoms with Gasteiger partial charge in [-0.3, -0.25) is 9.59 Å². The zero-order valence-electron chi connectivity index (χ0n) is 10.7. The second-order valence-corrected chi connectivity index (χ2v) is 5.03. The van der Waals surface area contributed by atoms with Gasteiger partial charge in [-0.05, 0) is 12.8 Å². The summed E-state index contributed by atoms with van der Waals surface area (Å²) in [5.74, 6) is -1.01. The van der Waals surface area contributed by atoms with Gasteiger partial charge in [0.25, 0.3) is 0 Å². The third-order valence-electron chi connectivity index (χ3n) is 3.72. The summed E-state index contributed by atoms with van der Waals surface area (Å²) in [5, 5.41) is 11.8. The fourth-order valence-electron chi connectivity index (χ4n) is 2.41. The van der Waals surface area contributed by atoms with E-state index >= 15 is 0 Å². The Labute approximate surface area is 107 Å². The molecule has 1 atom stereocenters. The Balaban J connectivity index is 2.58. The Morgan fingerprint density at radius 3 is 2.22 bits per heavy atom. The summed E-state index contributed by atoms with van der Waals surface area (Å²) in [4.78, 5) is 22.9. The molecule has 0 aliphatic heterocycles. The molecule has 0 spiro atoms. The number of carbonyl (C=O) groups excluding carboxylic acids is 2. The predicted molar refractivity (Wildman–Crippen MR) is 67.4 cm³/mol. The van der Waals surface area contributed by atoms with Gasteiger partial charge in [0.2, 0.25) is 11.8 Å². The van der Waals surface area contributed by atoms with Gasteiger partial charge in [0.05, 0.1) is 12.0 Å². The number of rotatable bonds is 5. The molecule has 0 aromatic rings. The minimum Gasteiger partial charge on any atom is -0.381 e. The van der Waals surface area contributed by atoms with Crippen LogP contribution < -0.4 is 16.8 Å². The van der Waals surface area contributed by atoms with Crippen molar-refractivity contribution < 1.29 is 14.7 Å². The van der Waals surface area contributed by atoms with E-state index in [4.69, 9.17) is 11.5 Å². The van der Waals surface area contributed by atoms with Crippen LogP contribution in [0.2, 0.25) is 0 Å². The van der Waals surface area contributed by atoms with Crippen LogP contribution in [0.25, 0.3) is 0 Å². The van der Waals surface area contributed by atoms with Gasteiger partial charge in [-0.25, -0.2) is 0 Å². The second-order valence-electron chi connectivity index (χ2n) is 5.03. The Bertz CT molecular complexity index is 299. The molecule has 0 heterocycles. The summed E-state index contributed by atoms with van der Waals surface area (Å²) in [5.41, 5.74) is 10.1. The molecule has 1 aliphatic rings. The lowest BCUT2D eigenvalue weighted by molar-refractivity contribution is -0.132. The van der Waals surface area contributed by atoms with Crippen LogP contribution >= 0.6 is 0 Å². The third kappa shape index (κ3) is 3.68. The third-order valence-corrected chi connectivity index (χ3v) is 3.72. The largest absolute Gasteiger partial charge is 0.381 e. The van der Waals surface area contributed by atoms with Crippen molar-refractivity contribution in [2.75, 3.05) is 13.1 Å². The Hall–Kier alpha value is -1.14. The maximum Gasteiger partial charge on any atom is 0.248 e. The molecule has 1 fully saturated rings. The van der Waals surface area contributed by atoms with Gasteiger partial charge in [-0.15, -0.1) is 0 Å². The van der Waals surface area contributed by atoms with E-state index in [0.717, 1.165) is 38.5 Å². The van der Waals surface area contributed by atoms with Gasteiger partial charge in [0.1, 0.15) is 6.10 Å². The molecule has 1 unspecified atom stereocenters. The molecule has 0 bridgehead atoms. The van der Waals surface area contributed by atoms with Crippen LogP contribution in [0.1, 0.15) is 38.5 Å². The normalized spacial score (nSPS) is 20.8. The van der Waals surface area contributed by atoms with Crippen LogP contribution in [0, 0.1) is 5.41 Å². The number of hydrogen-bond donors (Lipinski definition) is 4. The van der Waals surface area contributed by atoms with Crippen molar-refractivity contribution in [2.45, 2.75) is 44.6 Å². The lowest BCUT2D eigenvalue weighted by atomic mass is 9.79. The van der Waals surface area contributed by atoms with E-state index in [1.54, 1.807) is 0 Å². The highest BCUT2D eigenvalue weighted by Crippen LogP contribution is 2.34. The molecule has 6 N–H and O–H groups in total. The van der Waals surface area contributed by atoms with Crippen molar-refractivity contribution in [3.8, 4) is 0 Å². The van der Waals surface area contributed by atoms with Crippen LogP contribution in [0.3, 0.4) is 0 Å². The van der Waals surface area contributed by atoms with Crippen molar-refractivity contribution in [1.82, 2.24) is 5.32 Å². The monoisotopic (exact) mass is 257 g/mol. The number of amides is 2. The van der Waals surface area contributed by atoms with E-state index in [-0.39, 0.29) is 12.5 Å². The summed E-state index contributed by atoms with van der Waals surface area (Å²) in [6.45, 7) is 0.154. The summed E-state index contributed by atoms with van der Waals surface area (Å²) >= 11 is 0. The topological polar surface area (TPSA) is 118 Å². The molecule has 1 aliphatic carbocycles. The summed E-state index contributed by atoms with van der Waals surface area (Å²) < 4.78 is 0. The molecule has 0 radical (unpaired) electrons. The van der Waals surface area contributed by atoms with E-state index in [0.29, 0.717) is 6.54 Å². The van der Waals surface area contributed by atoms with Crippen LogP contribution in [0.15, 0.2) is 0 Å². The summed E-state index contributed by atoms with van der Waals surface area (Å²) in [7, 11) is 0. The number of hydrogen-bond acceptors (Lipinski definition) is 4. The molecular formula is C12H23N3O3. The molecule has 0 aromatic carbocycles. The van der Waals surface area contributed by atoms with Crippen LogP contribution in [-0.4, -0.2) is 36.1 Å². The highest BCUT2D eigenvalue weighted by molar-refractivity contribution is 5.84. The van der Waals surface area contributed by atoms with Crippen LogP contribution in [0.5, 0.6) is 0 Å². The zero-order chi connectivity index (χ0) is 13.6. The van der Waals surface area contributed by atoms with Gasteiger partial charge >= 0.3 is 0 Å². The van der Waals surface area contributed by atoms with Crippen LogP contribution in [0.4, 0.5) is 0 Å². The minimum absolute atomic E-state index is 0.143. The molecule has 1 rings (SSSR count). The predicted octanol–water partition coefficient (Wildman–Crippen LogP) is -0.752. The number of aliphatic hydroxyl groups is 1. The highest BCUT2D eigenvalue weighted by atomic mass is 16.3. The fraction of sp³-hybridized carbons (Fsp3) is 0.833. The number of carbonyl (C=O) groups is 2. The first kappa shape index (κ1) is 14.9. The quantitative estimate of drug-likeness (QED) is 0.484. The number of primary amides is 1. The van der Waals surface area contributed by atoms with Crippen molar-refractivity contribution >= 4 is 11.8 Å². The summed E-state index contributed by atoms with van der Waals surface area (Å²) in [6.07, 6.45) is 4.42. The average molecular weight is 257 g/mol. The molecule has 1 saturated carbocycles. The van der Waals surface area contributed by atoms with E-state index in [1.807, 2.05) is 0 Å². The van der Waals surface area contributed by atoms with E-state index in [9.17, 15) is 14.7 Å². The van der Waals surface area contributed by atoms with Gasteiger partial charge in [0.15, 0.2) is 0 Å². The minimum atomic E-state index is -1.34. The van der Waals surface area contributed by atoms with Crippen molar-refractivity contribution in [2.24, 2.45) is 16.9 Å². The first-order chi connectivity index (χ1) is 8.52. The maximum absolute atomic E-state index is 12.2. The SMILES string of the molecule is NCC1(C(=O)NCC(O)C(N)=O)CCCCCC1. The molecule has 6 heteroatoms. The number of aliphatic hydroxyl groups excluding tert-OH is 1. The van der Waals surface area contributed by atoms with Gasteiger partial charge < -0.3 is 21.9 Å². The number of nitrogens with one attached hydrogen (secondary N) is 1. The van der Waals surface area contributed by atoms with E-state index < -0.39 is 17.4 Å². The Morgan fingerprint density at radius 1 is 1.22 bits per heavy atom. The lowest BCUT2D eigenvalue weighted by Gasteiger charge is -2.30. The van der Waals surface area contributed by atoms with E-state index in [2.05, 4.69) is 5.32 Å². The van der Waals surface area contributed by atoms with Crippen molar-refractivity contribution in [3.05, 3.63) is 0 Å². The second kappa shape index (κ2) is 6.70. The first-order valence-corrected chi connectivity index (χ1v) is 6.47. The first-order valence-electron chi connectivity index (χ1n) is 6.47. The van der Waals surface area contributed by atoms with E-state index in [1.165, 1.54) is 0 Å². The molecule has 18 heavy (non-hydrogen) atoms. The Kier molecular flexibility index (Phi) is 5.55. The van der Waals surface area contributed by atoms with Gasteiger partial charge in [-0.1, -0.05) is 25.7 Å².